The van der Waals surface area contributed by atoms with Crippen LogP contribution in [-0.2, 0) is 0 Å². The lowest BCUT2D eigenvalue weighted by Gasteiger charge is -2.36. The lowest BCUT2D eigenvalue weighted by molar-refractivity contribution is 0.223. The Morgan fingerprint density at radius 3 is 2.40 bits per heavy atom. The molecule has 112 valence electrons. The zero-order chi connectivity index (χ0) is 14.8. The van der Waals surface area contributed by atoms with Crippen LogP contribution in [0.2, 0.25) is 0 Å². The van der Waals surface area contributed by atoms with Crippen LogP contribution < -0.4 is 4.74 Å². The summed E-state index contributed by atoms with van der Waals surface area (Å²) in [6.45, 7) is 6.76. The summed E-state index contributed by atoms with van der Waals surface area (Å²) >= 11 is 6.97. The van der Waals surface area contributed by atoms with Gasteiger partial charge in [-0.2, -0.15) is 0 Å². The van der Waals surface area contributed by atoms with E-state index in [0.29, 0.717) is 5.92 Å². The zero-order valence-electron chi connectivity index (χ0n) is 13.2. The Balaban J connectivity index is 2.30. The quantitative estimate of drug-likeness (QED) is 0.615. The van der Waals surface area contributed by atoms with Crippen LogP contribution in [0.4, 0.5) is 0 Å². The molecular weight excluding hydrogens is 268 g/mol. The number of alkyl halides is 1. The van der Waals surface area contributed by atoms with Crippen molar-refractivity contribution in [2.75, 3.05) is 7.11 Å². The predicted octanol–water partition coefficient (Wildman–Crippen LogP) is 5.89. The van der Waals surface area contributed by atoms with Gasteiger partial charge in [-0.1, -0.05) is 32.8 Å². The average Bonchev–Trinajstić information content (AvgIpc) is 2.86. The van der Waals surface area contributed by atoms with Crippen LogP contribution in [0.25, 0.3) is 0 Å². The van der Waals surface area contributed by atoms with Crippen LogP contribution >= 0.6 is 11.6 Å². The van der Waals surface area contributed by atoms with Crippen molar-refractivity contribution in [1.29, 1.82) is 0 Å². The molecule has 1 aromatic rings. The van der Waals surface area contributed by atoms with E-state index in [1.165, 1.54) is 43.2 Å². The van der Waals surface area contributed by atoms with Crippen LogP contribution in [0, 0.1) is 18.3 Å². The van der Waals surface area contributed by atoms with Crippen molar-refractivity contribution in [3.8, 4) is 5.75 Å². The Hall–Kier alpha value is -0.690. The van der Waals surface area contributed by atoms with E-state index in [0.717, 1.165) is 5.75 Å². The summed E-state index contributed by atoms with van der Waals surface area (Å²) < 4.78 is 5.30. The van der Waals surface area contributed by atoms with Crippen LogP contribution in [0.15, 0.2) is 18.2 Å². The number of halogens is 1. The van der Waals surface area contributed by atoms with E-state index in [2.05, 4.69) is 32.9 Å². The van der Waals surface area contributed by atoms with Crippen molar-refractivity contribution < 1.29 is 4.74 Å². The van der Waals surface area contributed by atoms with Crippen LogP contribution in [0.3, 0.4) is 0 Å². The minimum Gasteiger partial charge on any atom is -0.497 e. The van der Waals surface area contributed by atoms with Gasteiger partial charge in [0.15, 0.2) is 0 Å². The Morgan fingerprint density at radius 2 is 1.90 bits per heavy atom. The van der Waals surface area contributed by atoms with Gasteiger partial charge in [0.25, 0.3) is 0 Å². The van der Waals surface area contributed by atoms with Gasteiger partial charge >= 0.3 is 0 Å². The summed E-state index contributed by atoms with van der Waals surface area (Å²) in [6.07, 6.45) is 6.42. The first-order chi connectivity index (χ1) is 9.48. The molecule has 0 spiro atoms. The second-order valence-corrected chi connectivity index (χ2v) is 7.19. The molecule has 1 atom stereocenters. The lowest BCUT2D eigenvalue weighted by Crippen LogP contribution is -2.25. The van der Waals surface area contributed by atoms with E-state index in [1.807, 2.05) is 6.07 Å². The van der Waals surface area contributed by atoms with Crippen molar-refractivity contribution >= 4 is 11.6 Å². The highest BCUT2D eigenvalue weighted by Crippen LogP contribution is 2.55. The molecule has 0 amide bonds. The van der Waals surface area contributed by atoms with Gasteiger partial charge in [-0.25, -0.2) is 0 Å². The van der Waals surface area contributed by atoms with Gasteiger partial charge < -0.3 is 4.74 Å². The molecule has 0 N–H and O–H groups in total. The monoisotopic (exact) mass is 294 g/mol. The predicted molar refractivity (Wildman–Crippen MR) is 86.7 cm³/mol. The molecule has 1 unspecified atom stereocenters. The lowest BCUT2D eigenvalue weighted by atomic mass is 9.73. The Kier molecular flexibility index (Phi) is 5.01. The van der Waals surface area contributed by atoms with Crippen molar-refractivity contribution in [2.45, 2.75) is 58.3 Å². The fraction of sp³-hybridized carbons (Fsp3) is 0.667. The number of benzene rings is 1. The van der Waals surface area contributed by atoms with Gasteiger partial charge in [0, 0.05) is 0 Å². The highest BCUT2D eigenvalue weighted by Gasteiger charge is 2.41. The van der Waals surface area contributed by atoms with Crippen LogP contribution in [0.1, 0.15) is 62.5 Å². The summed E-state index contributed by atoms with van der Waals surface area (Å²) in [5, 5.41) is 0.123. The van der Waals surface area contributed by atoms with Crippen LogP contribution in [0.5, 0.6) is 5.75 Å². The summed E-state index contributed by atoms with van der Waals surface area (Å²) in [6, 6.07) is 6.30. The first-order valence-corrected chi connectivity index (χ1v) is 8.21. The van der Waals surface area contributed by atoms with E-state index in [1.54, 1.807) is 7.11 Å². The number of ether oxygens (including phenoxy) is 1. The van der Waals surface area contributed by atoms with E-state index in [-0.39, 0.29) is 10.8 Å². The molecule has 0 aromatic heterocycles. The van der Waals surface area contributed by atoms with E-state index < -0.39 is 0 Å². The smallest absolute Gasteiger partial charge is 0.119 e. The molecule has 0 aliphatic heterocycles. The molecule has 1 saturated carbocycles. The third kappa shape index (κ3) is 3.14. The maximum absolute atomic E-state index is 6.97. The third-order valence-electron chi connectivity index (χ3n) is 4.70. The molecule has 1 aliphatic carbocycles. The second-order valence-electron chi connectivity index (χ2n) is 6.75. The molecule has 2 rings (SSSR count). The van der Waals surface area contributed by atoms with E-state index in [9.17, 15) is 0 Å². The number of aryl methyl sites for hydroxylation is 1. The van der Waals surface area contributed by atoms with E-state index in [4.69, 9.17) is 16.3 Å². The minimum absolute atomic E-state index is 0.123. The molecule has 0 bridgehead atoms. The van der Waals surface area contributed by atoms with Crippen LogP contribution in [-0.4, -0.2) is 7.11 Å². The summed E-state index contributed by atoms with van der Waals surface area (Å²) in [5.41, 5.74) is 2.82. The molecular formula is C18H27ClO. The van der Waals surface area contributed by atoms with Crippen molar-refractivity contribution in [1.82, 2.24) is 0 Å². The van der Waals surface area contributed by atoms with Gasteiger partial charge in [0.1, 0.15) is 5.75 Å². The molecule has 0 heterocycles. The fourth-order valence-corrected chi connectivity index (χ4v) is 4.39. The Bertz CT molecular complexity index is 447. The Morgan fingerprint density at radius 1 is 1.25 bits per heavy atom. The van der Waals surface area contributed by atoms with Crippen molar-refractivity contribution in [3.63, 3.8) is 0 Å². The van der Waals surface area contributed by atoms with Crippen molar-refractivity contribution in [2.24, 2.45) is 11.3 Å². The standard InChI is InChI=1S/C18H27ClO/c1-13(2)12-18(9-5-6-10-18)17(19)16-8-7-15(20-4)11-14(16)3/h7-8,11,13,17H,5-6,9-10,12H2,1-4H3. The molecule has 1 aromatic carbocycles. The van der Waals surface area contributed by atoms with Crippen molar-refractivity contribution in [3.05, 3.63) is 29.3 Å². The molecule has 0 radical (unpaired) electrons. The van der Waals surface area contributed by atoms with Gasteiger partial charge in [-0.05, 0) is 60.8 Å². The first kappa shape index (κ1) is 15.7. The highest BCUT2D eigenvalue weighted by atomic mass is 35.5. The van der Waals surface area contributed by atoms with Gasteiger partial charge in [0.05, 0.1) is 12.5 Å². The van der Waals surface area contributed by atoms with Gasteiger partial charge in [0.2, 0.25) is 0 Å². The average molecular weight is 295 g/mol. The molecule has 1 aliphatic rings. The molecule has 20 heavy (non-hydrogen) atoms. The summed E-state index contributed by atoms with van der Waals surface area (Å²) in [4.78, 5) is 0. The largest absolute Gasteiger partial charge is 0.497 e. The van der Waals surface area contributed by atoms with E-state index >= 15 is 0 Å². The highest BCUT2D eigenvalue weighted by molar-refractivity contribution is 6.21. The third-order valence-corrected chi connectivity index (χ3v) is 5.40. The Labute approximate surface area is 128 Å². The first-order valence-electron chi connectivity index (χ1n) is 7.77. The number of hydrogen-bond acceptors (Lipinski definition) is 1. The fourth-order valence-electron chi connectivity index (χ4n) is 3.84. The number of hydrogen-bond donors (Lipinski definition) is 0. The zero-order valence-corrected chi connectivity index (χ0v) is 14.0. The molecule has 1 nitrogen and oxygen atoms in total. The summed E-state index contributed by atoms with van der Waals surface area (Å²) in [5.74, 6) is 1.62. The normalized spacial score (nSPS) is 19.3. The molecule has 1 fully saturated rings. The summed E-state index contributed by atoms with van der Waals surface area (Å²) in [7, 11) is 1.71. The van der Waals surface area contributed by atoms with Gasteiger partial charge in [-0.15, -0.1) is 11.6 Å². The second kappa shape index (κ2) is 6.39. The van der Waals surface area contributed by atoms with Gasteiger partial charge in [-0.3, -0.25) is 0 Å². The molecule has 0 saturated heterocycles. The molecule has 2 heteroatoms. The number of rotatable bonds is 5. The maximum atomic E-state index is 6.97. The maximum Gasteiger partial charge on any atom is 0.119 e. The number of methoxy groups -OCH3 is 1. The minimum atomic E-state index is 0.123. The SMILES string of the molecule is COc1ccc(C(Cl)C2(CC(C)C)CCCC2)c(C)c1. The topological polar surface area (TPSA) is 9.23 Å².